The quantitative estimate of drug-likeness (QED) is 0.524. The van der Waals surface area contributed by atoms with Crippen LogP contribution >= 0.6 is 0 Å². The van der Waals surface area contributed by atoms with E-state index in [1.807, 2.05) is 0 Å². The summed E-state index contributed by atoms with van der Waals surface area (Å²) in [6.07, 6.45) is 2.50. The van der Waals surface area contributed by atoms with Crippen molar-refractivity contribution in [2.45, 2.75) is 6.54 Å². The number of sulfonamides is 1. The van der Waals surface area contributed by atoms with Crippen molar-refractivity contribution in [1.82, 2.24) is 10.0 Å². The van der Waals surface area contributed by atoms with E-state index in [0.717, 1.165) is 6.26 Å². The summed E-state index contributed by atoms with van der Waals surface area (Å²) in [5.74, 6) is -0.382. The van der Waals surface area contributed by atoms with Gasteiger partial charge in [-0.2, -0.15) is 0 Å². The van der Waals surface area contributed by atoms with Crippen LogP contribution in [0.5, 0.6) is 0 Å². The van der Waals surface area contributed by atoms with Gasteiger partial charge in [-0.15, -0.1) is 0 Å². The van der Waals surface area contributed by atoms with Crippen molar-refractivity contribution < 1.29 is 22.4 Å². The van der Waals surface area contributed by atoms with Crippen molar-refractivity contribution in [3.63, 3.8) is 0 Å². The van der Waals surface area contributed by atoms with Crippen LogP contribution in [-0.2, 0) is 21.3 Å². The summed E-state index contributed by atoms with van der Waals surface area (Å²) in [4.78, 5) is 11.3. The van der Waals surface area contributed by atoms with E-state index in [1.54, 1.807) is 6.07 Å². The van der Waals surface area contributed by atoms with E-state index in [9.17, 15) is 13.2 Å². The van der Waals surface area contributed by atoms with E-state index in [2.05, 4.69) is 14.8 Å². The zero-order valence-corrected chi connectivity index (χ0v) is 11.0. The van der Waals surface area contributed by atoms with Crippen LogP contribution < -0.4 is 10.0 Å². The lowest BCUT2D eigenvalue weighted by Gasteiger charge is -2.05. The molecule has 0 aliphatic carbocycles. The second-order valence-electron chi connectivity index (χ2n) is 3.61. The average molecular weight is 276 g/mol. The monoisotopic (exact) mass is 276 g/mol. The van der Waals surface area contributed by atoms with E-state index in [4.69, 9.17) is 4.42 Å². The van der Waals surface area contributed by atoms with Crippen LogP contribution in [0, 0.1) is 0 Å². The number of ether oxygens (including phenoxy) is 1. The molecule has 0 aliphatic rings. The highest BCUT2D eigenvalue weighted by molar-refractivity contribution is 7.88. The molecule has 7 nitrogen and oxygen atoms in total. The van der Waals surface area contributed by atoms with Gasteiger partial charge >= 0.3 is 5.97 Å². The molecular weight excluding hydrogens is 260 g/mol. The number of carbonyl (C=O) groups excluding carboxylic acids is 1. The highest BCUT2D eigenvalue weighted by Gasteiger charge is 2.14. The maximum absolute atomic E-state index is 11.3. The first-order valence-electron chi connectivity index (χ1n) is 5.24. The zero-order valence-electron chi connectivity index (χ0n) is 10.2. The topological polar surface area (TPSA) is 97.6 Å². The third kappa shape index (κ3) is 4.86. The van der Waals surface area contributed by atoms with Gasteiger partial charge in [-0.25, -0.2) is 17.9 Å². The zero-order chi connectivity index (χ0) is 13.6. The molecule has 0 aliphatic heterocycles. The molecule has 0 bridgehead atoms. The molecule has 0 spiro atoms. The Labute approximate surface area is 106 Å². The summed E-state index contributed by atoms with van der Waals surface area (Å²) in [6, 6.07) is 1.66. The van der Waals surface area contributed by atoms with Crippen LogP contribution in [0.4, 0.5) is 0 Å². The first-order valence-corrected chi connectivity index (χ1v) is 7.13. The van der Waals surface area contributed by atoms with Gasteiger partial charge in [0.25, 0.3) is 0 Å². The molecule has 0 aromatic carbocycles. The first-order chi connectivity index (χ1) is 8.44. The maximum Gasteiger partial charge on any atom is 0.374 e. The number of hydrogen-bond acceptors (Lipinski definition) is 6. The number of rotatable bonds is 7. The molecular formula is C10H16N2O5S. The lowest BCUT2D eigenvalue weighted by atomic mass is 10.2. The molecule has 18 heavy (non-hydrogen) atoms. The maximum atomic E-state index is 11.3. The van der Waals surface area contributed by atoms with Crippen molar-refractivity contribution >= 4 is 16.0 Å². The van der Waals surface area contributed by atoms with Crippen LogP contribution in [0.25, 0.3) is 0 Å². The van der Waals surface area contributed by atoms with E-state index < -0.39 is 16.0 Å². The highest BCUT2D eigenvalue weighted by Crippen LogP contribution is 2.11. The summed E-state index contributed by atoms with van der Waals surface area (Å²) < 4.78 is 33.5. The van der Waals surface area contributed by atoms with E-state index in [0.29, 0.717) is 18.7 Å². The second-order valence-corrected chi connectivity index (χ2v) is 5.44. The minimum absolute atomic E-state index is 0.154. The minimum Gasteiger partial charge on any atom is -0.463 e. The molecule has 0 fully saturated rings. The number of hydrogen-bond donors (Lipinski definition) is 2. The molecule has 0 saturated heterocycles. The molecule has 8 heteroatoms. The van der Waals surface area contributed by atoms with Crippen molar-refractivity contribution in [3.8, 4) is 0 Å². The molecule has 1 aromatic heterocycles. The van der Waals surface area contributed by atoms with Crippen LogP contribution in [-0.4, -0.2) is 40.8 Å². The summed E-state index contributed by atoms with van der Waals surface area (Å²) in [5.41, 5.74) is 0.668. The molecule has 0 atom stereocenters. The van der Waals surface area contributed by atoms with Gasteiger partial charge in [-0.05, 0) is 6.07 Å². The molecule has 0 radical (unpaired) electrons. The Morgan fingerprint density at radius 1 is 1.44 bits per heavy atom. The summed E-state index contributed by atoms with van der Waals surface area (Å²) in [6.45, 7) is 1.12. The van der Waals surface area contributed by atoms with E-state index in [-0.39, 0.29) is 12.3 Å². The normalized spacial score (nSPS) is 11.4. The molecule has 1 heterocycles. The first kappa shape index (κ1) is 14.7. The number of methoxy groups -OCH3 is 1. The smallest absolute Gasteiger partial charge is 0.374 e. The van der Waals surface area contributed by atoms with Crippen LogP contribution in [0.2, 0.25) is 0 Å². The van der Waals surface area contributed by atoms with Crippen molar-refractivity contribution in [3.05, 3.63) is 23.7 Å². The number of furan rings is 1. The van der Waals surface area contributed by atoms with E-state index >= 15 is 0 Å². The number of esters is 1. The molecule has 0 saturated carbocycles. The second kappa shape index (κ2) is 6.53. The fraction of sp³-hybridized carbons (Fsp3) is 0.500. The molecule has 102 valence electrons. The van der Waals surface area contributed by atoms with Gasteiger partial charge in [0, 0.05) is 25.2 Å². The van der Waals surface area contributed by atoms with E-state index in [1.165, 1.54) is 13.4 Å². The van der Waals surface area contributed by atoms with Crippen molar-refractivity contribution in [2.24, 2.45) is 0 Å². The molecule has 2 N–H and O–H groups in total. The van der Waals surface area contributed by atoms with Crippen molar-refractivity contribution in [2.75, 3.05) is 26.5 Å². The van der Waals surface area contributed by atoms with Crippen LogP contribution in [0.15, 0.2) is 16.7 Å². The fourth-order valence-electron chi connectivity index (χ4n) is 1.29. The van der Waals surface area contributed by atoms with Gasteiger partial charge in [-0.1, -0.05) is 0 Å². The summed E-state index contributed by atoms with van der Waals surface area (Å²) >= 11 is 0. The largest absolute Gasteiger partial charge is 0.463 e. The molecule has 0 amide bonds. The number of carbonyl (C=O) groups is 1. The van der Waals surface area contributed by atoms with Crippen LogP contribution in [0.3, 0.4) is 0 Å². The standard InChI is InChI=1S/C10H16N2O5S/c1-16-10(13)9-8(3-6-17-9)7-11-4-5-12-18(2,14)15/h3,6,11-12H,4-5,7H2,1-2H3. The number of nitrogens with one attached hydrogen (secondary N) is 2. The Kier molecular flexibility index (Phi) is 5.32. The van der Waals surface area contributed by atoms with Gasteiger partial charge in [0.1, 0.15) is 0 Å². The average Bonchev–Trinajstić information content (AvgIpc) is 2.74. The molecule has 1 rings (SSSR count). The lowest BCUT2D eigenvalue weighted by Crippen LogP contribution is -2.31. The fourth-order valence-corrected chi connectivity index (χ4v) is 1.77. The van der Waals surface area contributed by atoms with Crippen LogP contribution in [0.1, 0.15) is 16.1 Å². The SMILES string of the molecule is COC(=O)c1occc1CNCCNS(C)(=O)=O. The Bertz CT molecular complexity index is 494. The minimum atomic E-state index is -3.17. The molecule has 0 unspecified atom stereocenters. The van der Waals surface area contributed by atoms with Crippen molar-refractivity contribution in [1.29, 1.82) is 0 Å². The van der Waals surface area contributed by atoms with Gasteiger partial charge in [0.15, 0.2) is 0 Å². The predicted octanol–water partition coefficient (Wildman–Crippen LogP) is -0.295. The predicted molar refractivity (Wildman–Crippen MR) is 64.6 cm³/mol. The summed E-state index contributed by atoms with van der Waals surface area (Å²) in [7, 11) is -1.89. The van der Waals surface area contributed by atoms with Gasteiger partial charge in [-0.3, -0.25) is 0 Å². The lowest BCUT2D eigenvalue weighted by molar-refractivity contribution is 0.0563. The third-order valence-corrected chi connectivity index (χ3v) is 2.83. The van der Waals surface area contributed by atoms with Gasteiger partial charge in [0.2, 0.25) is 15.8 Å². The Hall–Kier alpha value is -1.38. The summed E-state index contributed by atoms with van der Waals surface area (Å²) in [5, 5.41) is 2.99. The Balaban J connectivity index is 2.36. The third-order valence-electron chi connectivity index (χ3n) is 2.10. The Morgan fingerprint density at radius 3 is 2.78 bits per heavy atom. The van der Waals surface area contributed by atoms with Gasteiger partial charge in [0.05, 0.1) is 19.6 Å². The highest BCUT2D eigenvalue weighted by atomic mass is 32.2. The van der Waals surface area contributed by atoms with Gasteiger partial charge < -0.3 is 14.5 Å². The Morgan fingerprint density at radius 2 is 2.17 bits per heavy atom. The molecule has 1 aromatic rings.